The van der Waals surface area contributed by atoms with E-state index in [-0.39, 0.29) is 11.8 Å². The van der Waals surface area contributed by atoms with Crippen LogP contribution in [-0.2, 0) is 9.59 Å². The second kappa shape index (κ2) is 6.35. The zero-order valence-corrected chi connectivity index (χ0v) is 14.9. The van der Waals surface area contributed by atoms with Gasteiger partial charge in [-0.3, -0.25) is 9.59 Å². The van der Waals surface area contributed by atoms with Gasteiger partial charge in [-0.05, 0) is 41.5 Å². The minimum Gasteiger partial charge on any atom is -0.321 e. The largest absolute Gasteiger partial charge is 0.321 e. The van der Waals surface area contributed by atoms with Crippen LogP contribution in [0.4, 0.5) is 11.4 Å². The molecule has 5 rings (SSSR count). The van der Waals surface area contributed by atoms with Gasteiger partial charge in [-0.2, -0.15) is 0 Å². The molecule has 2 amide bonds. The van der Waals surface area contributed by atoms with Gasteiger partial charge in [0.25, 0.3) is 11.8 Å². The van der Waals surface area contributed by atoms with Gasteiger partial charge in [0.15, 0.2) is 0 Å². The van der Waals surface area contributed by atoms with Crippen LogP contribution in [0.3, 0.4) is 0 Å². The first kappa shape index (κ1) is 16.3. The molecule has 0 fully saturated rings. The van der Waals surface area contributed by atoms with Crippen LogP contribution in [0.25, 0.3) is 23.3 Å². The Bertz CT molecular complexity index is 1110. The lowest BCUT2D eigenvalue weighted by molar-refractivity contribution is -0.111. The monoisotopic (exact) mass is 364 g/mol. The summed E-state index contributed by atoms with van der Waals surface area (Å²) in [6.07, 6.45) is 3.76. The van der Waals surface area contributed by atoms with Crippen molar-refractivity contribution < 1.29 is 9.59 Å². The topological polar surface area (TPSA) is 58.2 Å². The molecule has 2 aliphatic heterocycles. The normalized spacial score (nSPS) is 17.4. The molecule has 0 saturated carbocycles. The number of hydrogen-bond donors (Lipinski definition) is 2. The summed E-state index contributed by atoms with van der Waals surface area (Å²) in [5.74, 6) is -0.205. The van der Waals surface area contributed by atoms with Crippen LogP contribution in [0.15, 0.2) is 72.8 Å². The molecule has 0 radical (unpaired) electrons. The van der Waals surface area contributed by atoms with E-state index in [4.69, 9.17) is 0 Å². The Kier molecular flexibility index (Phi) is 3.69. The third-order valence-electron chi connectivity index (χ3n) is 4.95. The Hall–Kier alpha value is -3.92. The second-order valence-corrected chi connectivity index (χ2v) is 6.79. The highest BCUT2D eigenvalue weighted by atomic mass is 16.2. The molecule has 0 aliphatic carbocycles. The molecular formula is C24H16N2O2. The first-order chi connectivity index (χ1) is 13.7. The van der Waals surface area contributed by atoms with Crippen molar-refractivity contribution in [3.63, 3.8) is 0 Å². The number of fused-ring (bicyclic) bond motifs is 2. The Morgan fingerprint density at radius 3 is 1.54 bits per heavy atom. The zero-order valence-electron chi connectivity index (χ0n) is 14.9. The molecule has 2 heterocycles. The van der Waals surface area contributed by atoms with Gasteiger partial charge in [-0.15, -0.1) is 0 Å². The molecule has 2 N–H and O–H groups in total. The van der Waals surface area contributed by atoms with E-state index >= 15 is 0 Å². The predicted octanol–water partition coefficient (Wildman–Crippen LogP) is 4.67. The molecular weight excluding hydrogens is 348 g/mol. The fourth-order valence-electron chi connectivity index (χ4n) is 3.64. The van der Waals surface area contributed by atoms with E-state index in [1.165, 1.54) is 0 Å². The fraction of sp³-hybridized carbons (Fsp3) is 0. The third kappa shape index (κ3) is 2.72. The van der Waals surface area contributed by atoms with Crippen molar-refractivity contribution >= 4 is 46.5 Å². The number of anilines is 2. The summed E-state index contributed by atoms with van der Waals surface area (Å²) in [4.78, 5) is 24.7. The highest BCUT2D eigenvalue weighted by molar-refractivity contribution is 6.35. The minimum atomic E-state index is -0.103. The molecule has 134 valence electrons. The van der Waals surface area contributed by atoms with Gasteiger partial charge >= 0.3 is 0 Å². The summed E-state index contributed by atoms with van der Waals surface area (Å²) >= 11 is 0. The Balaban J connectivity index is 1.54. The molecule has 28 heavy (non-hydrogen) atoms. The lowest BCUT2D eigenvalue weighted by Gasteiger charge is -2.02. The summed E-state index contributed by atoms with van der Waals surface area (Å²) in [5.41, 5.74) is 6.56. The second-order valence-electron chi connectivity index (χ2n) is 6.79. The van der Waals surface area contributed by atoms with E-state index in [0.717, 1.165) is 33.6 Å². The van der Waals surface area contributed by atoms with Crippen LogP contribution in [0, 0.1) is 0 Å². The van der Waals surface area contributed by atoms with Crippen molar-refractivity contribution in [2.24, 2.45) is 0 Å². The van der Waals surface area contributed by atoms with E-state index in [1.807, 2.05) is 84.9 Å². The molecule has 4 nitrogen and oxygen atoms in total. The number of amides is 2. The standard InChI is InChI=1S/C24H16N2O2/c27-23-19(17-8-1-3-10-21(17)25-23)13-15-6-5-7-16(12-15)14-20-18-9-2-4-11-22(18)26-24(20)28/h1-14H,(H,25,27)(H,26,28)/b19-13-,20-14+. The molecule has 3 aromatic carbocycles. The third-order valence-corrected chi connectivity index (χ3v) is 4.95. The molecule has 0 atom stereocenters. The molecule has 0 bridgehead atoms. The SMILES string of the molecule is O=C1Nc2ccccc2/C1=C/c1cccc(/C=C2/C(=O)Nc3ccccc32)c1. The van der Waals surface area contributed by atoms with Crippen LogP contribution in [0.1, 0.15) is 22.3 Å². The molecule has 0 saturated heterocycles. The van der Waals surface area contributed by atoms with Gasteiger partial charge in [0, 0.05) is 33.6 Å². The average Bonchev–Trinajstić information content (AvgIpc) is 3.19. The zero-order chi connectivity index (χ0) is 19.1. The van der Waals surface area contributed by atoms with E-state index in [9.17, 15) is 9.59 Å². The van der Waals surface area contributed by atoms with E-state index < -0.39 is 0 Å². The smallest absolute Gasteiger partial charge is 0.256 e. The lowest BCUT2D eigenvalue weighted by Crippen LogP contribution is -2.03. The number of para-hydroxylation sites is 2. The minimum absolute atomic E-state index is 0.103. The maximum absolute atomic E-state index is 12.3. The molecule has 4 heteroatoms. The van der Waals surface area contributed by atoms with Crippen LogP contribution < -0.4 is 10.6 Å². The number of carbonyl (C=O) groups excluding carboxylic acids is 2. The number of nitrogens with one attached hydrogen (secondary N) is 2. The molecule has 2 aliphatic rings. The van der Waals surface area contributed by atoms with E-state index in [0.29, 0.717) is 11.1 Å². The maximum Gasteiger partial charge on any atom is 0.256 e. The van der Waals surface area contributed by atoms with Gasteiger partial charge < -0.3 is 10.6 Å². The number of rotatable bonds is 2. The Morgan fingerprint density at radius 2 is 1.04 bits per heavy atom. The highest BCUT2D eigenvalue weighted by Crippen LogP contribution is 2.34. The van der Waals surface area contributed by atoms with Gasteiger partial charge in [0.05, 0.1) is 0 Å². The van der Waals surface area contributed by atoms with E-state index in [2.05, 4.69) is 10.6 Å². The number of benzene rings is 3. The number of carbonyl (C=O) groups is 2. The average molecular weight is 364 g/mol. The molecule has 0 aromatic heterocycles. The summed E-state index contributed by atoms with van der Waals surface area (Å²) in [6.45, 7) is 0. The fourth-order valence-corrected chi connectivity index (χ4v) is 3.64. The van der Waals surface area contributed by atoms with Crippen molar-refractivity contribution in [1.29, 1.82) is 0 Å². The van der Waals surface area contributed by atoms with Crippen LogP contribution in [0.2, 0.25) is 0 Å². The lowest BCUT2D eigenvalue weighted by atomic mass is 10.0. The van der Waals surface area contributed by atoms with Gasteiger partial charge in [0.2, 0.25) is 0 Å². The Labute approximate surface area is 162 Å². The molecule has 0 spiro atoms. The van der Waals surface area contributed by atoms with Crippen molar-refractivity contribution in [3.05, 3.63) is 95.1 Å². The highest BCUT2D eigenvalue weighted by Gasteiger charge is 2.24. The van der Waals surface area contributed by atoms with Crippen LogP contribution in [-0.4, -0.2) is 11.8 Å². The Morgan fingerprint density at radius 1 is 0.571 bits per heavy atom. The van der Waals surface area contributed by atoms with Crippen molar-refractivity contribution in [1.82, 2.24) is 0 Å². The molecule has 0 unspecified atom stereocenters. The molecule has 3 aromatic rings. The van der Waals surface area contributed by atoms with Gasteiger partial charge in [-0.1, -0.05) is 54.6 Å². The first-order valence-corrected chi connectivity index (χ1v) is 9.04. The summed E-state index contributed by atoms with van der Waals surface area (Å²) in [5, 5.41) is 5.77. The predicted molar refractivity (Wildman–Crippen MR) is 112 cm³/mol. The summed E-state index contributed by atoms with van der Waals surface area (Å²) < 4.78 is 0. The van der Waals surface area contributed by atoms with Crippen molar-refractivity contribution in [2.45, 2.75) is 0 Å². The summed E-state index contributed by atoms with van der Waals surface area (Å²) in [7, 11) is 0. The first-order valence-electron chi connectivity index (χ1n) is 9.04. The van der Waals surface area contributed by atoms with Crippen LogP contribution >= 0.6 is 0 Å². The van der Waals surface area contributed by atoms with Crippen molar-refractivity contribution in [2.75, 3.05) is 10.6 Å². The van der Waals surface area contributed by atoms with Crippen LogP contribution in [0.5, 0.6) is 0 Å². The van der Waals surface area contributed by atoms with Gasteiger partial charge in [-0.25, -0.2) is 0 Å². The van der Waals surface area contributed by atoms with Crippen molar-refractivity contribution in [3.8, 4) is 0 Å². The quantitative estimate of drug-likeness (QED) is 0.649. The summed E-state index contributed by atoms with van der Waals surface area (Å²) in [6, 6.07) is 23.1. The maximum atomic E-state index is 12.3. The number of hydrogen-bond acceptors (Lipinski definition) is 2. The van der Waals surface area contributed by atoms with E-state index in [1.54, 1.807) is 0 Å². The van der Waals surface area contributed by atoms with Gasteiger partial charge in [0.1, 0.15) is 0 Å².